The number of Topliss-reactive ketones (excluding diaryl/α,β-unsaturated/α-hetero) is 1. The van der Waals surface area contributed by atoms with Gasteiger partial charge in [0.15, 0.2) is 18.1 Å². The molecule has 30 heavy (non-hydrogen) atoms. The standard InChI is InChI=1S/C18H16ClFN6O4/c19-13-7-11(20)1-2-12(13)17(29)10-3-5-25(6-4-10)15-8-14(30-23-15)18-21-24-26(22-18)9-16(27)28/h1-2,7-8,10H,3-6,9H2,(H,27,28). The predicted octanol–water partition coefficient (Wildman–Crippen LogP) is 2.30. The molecule has 3 aromatic rings. The second-order valence-electron chi connectivity index (χ2n) is 6.84. The minimum absolute atomic E-state index is 0.0975. The normalized spacial score (nSPS) is 14.8. The van der Waals surface area contributed by atoms with E-state index in [0.717, 1.165) is 10.9 Å². The zero-order chi connectivity index (χ0) is 21.3. The van der Waals surface area contributed by atoms with Crippen molar-refractivity contribution in [1.82, 2.24) is 25.4 Å². The highest BCUT2D eigenvalue weighted by Crippen LogP contribution is 2.29. The van der Waals surface area contributed by atoms with Crippen molar-refractivity contribution in [2.75, 3.05) is 18.0 Å². The van der Waals surface area contributed by atoms with Gasteiger partial charge in [0, 0.05) is 30.6 Å². The van der Waals surface area contributed by atoms with Crippen molar-refractivity contribution in [2.45, 2.75) is 19.4 Å². The minimum atomic E-state index is -1.09. The van der Waals surface area contributed by atoms with Crippen molar-refractivity contribution in [3.05, 3.63) is 40.7 Å². The Labute approximate surface area is 174 Å². The maximum atomic E-state index is 13.2. The average Bonchev–Trinajstić information content (AvgIpc) is 3.37. The van der Waals surface area contributed by atoms with E-state index in [1.165, 1.54) is 12.1 Å². The van der Waals surface area contributed by atoms with Crippen molar-refractivity contribution in [3.8, 4) is 11.6 Å². The van der Waals surface area contributed by atoms with Crippen LogP contribution in [-0.4, -0.2) is 55.3 Å². The van der Waals surface area contributed by atoms with Crippen molar-refractivity contribution in [1.29, 1.82) is 0 Å². The number of hydrogen-bond acceptors (Lipinski definition) is 8. The van der Waals surface area contributed by atoms with Gasteiger partial charge in [-0.1, -0.05) is 16.8 Å². The van der Waals surface area contributed by atoms with E-state index in [1.807, 2.05) is 4.90 Å². The van der Waals surface area contributed by atoms with Crippen molar-refractivity contribution in [2.24, 2.45) is 5.92 Å². The molecule has 0 aliphatic carbocycles. The summed E-state index contributed by atoms with van der Waals surface area (Å²) in [4.78, 5) is 26.3. The lowest BCUT2D eigenvalue weighted by Gasteiger charge is -2.31. The summed E-state index contributed by atoms with van der Waals surface area (Å²) in [5.41, 5.74) is 0.329. The second-order valence-corrected chi connectivity index (χ2v) is 7.24. The van der Waals surface area contributed by atoms with Crippen LogP contribution in [0.3, 0.4) is 0 Å². The van der Waals surface area contributed by atoms with E-state index in [0.29, 0.717) is 37.3 Å². The number of nitrogens with zero attached hydrogens (tertiary/aromatic N) is 6. The summed E-state index contributed by atoms with van der Waals surface area (Å²) in [6, 6.07) is 5.43. The van der Waals surface area contributed by atoms with E-state index in [4.69, 9.17) is 21.2 Å². The van der Waals surface area contributed by atoms with Crippen LogP contribution in [0.5, 0.6) is 0 Å². The maximum absolute atomic E-state index is 13.2. The fourth-order valence-electron chi connectivity index (χ4n) is 3.33. The Bertz CT molecular complexity index is 1090. The number of hydrogen-bond donors (Lipinski definition) is 1. The van der Waals surface area contributed by atoms with Crippen molar-refractivity contribution in [3.63, 3.8) is 0 Å². The van der Waals surface area contributed by atoms with Crippen molar-refractivity contribution < 1.29 is 23.6 Å². The molecule has 1 aliphatic heterocycles. The molecule has 1 aliphatic rings. The van der Waals surface area contributed by atoms with Crippen LogP contribution >= 0.6 is 11.6 Å². The first-order valence-electron chi connectivity index (χ1n) is 9.11. The summed E-state index contributed by atoms with van der Waals surface area (Å²) in [6.45, 7) is 0.730. The van der Waals surface area contributed by atoms with Crippen LogP contribution in [0.25, 0.3) is 11.6 Å². The summed E-state index contributed by atoms with van der Waals surface area (Å²) >= 11 is 6.01. The van der Waals surface area contributed by atoms with E-state index in [9.17, 15) is 14.0 Å². The highest BCUT2D eigenvalue weighted by atomic mass is 35.5. The molecule has 1 aromatic carbocycles. The number of aromatic nitrogens is 5. The molecular weight excluding hydrogens is 419 g/mol. The van der Waals surface area contributed by atoms with Crippen LogP contribution in [0.4, 0.5) is 10.2 Å². The Morgan fingerprint density at radius 1 is 1.27 bits per heavy atom. The predicted molar refractivity (Wildman–Crippen MR) is 102 cm³/mol. The van der Waals surface area contributed by atoms with Gasteiger partial charge in [0.05, 0.1) is 5.02 Å². The molecule has 0 amide bonds. The maximum Gasteiger partial charge on any atom is 0.327 e. The van der Waals surface area contributed by atoms with E-state index in [2.05, 4.69) is 20.6 Å². The van der Waals surface area contributed by atoms with Gasteiger partial charge in [-0.3, -0.25) is 9.59 Å². The summed E-state index contributed by atoms with van der Waals surface area (Å²) in [6.07, 6.45) is 1.17. The quantitative estimate of drug-likeness (QED) is 0.581. The van der Waals surface area contributed by atoms with Crippen LogP contribution in [0, 0.1) is 11.7 Å². The molecule has 3 heterocycles. The number of tetrazole rings is 1. The minimum Gasteiger partial charge on any atom is -0.480 e. The smallest absolute Gasteiger partial charge is 0.327 e. The number of carbonyl (C=O) groups excluding carboxylic acids is 1. The zero-order valence-electron chi connectivity index (χ0n) is 15.5. The molecule has 12 heteroatoms. The molecule has 0 bridgehead atoms. The number of anilines is 1. The lowest BCUT2D eigenvalue weighted by atomic mass is 9.89. The van der Waals surface area contributed by atoms with Gasteiger partial charge in [-0.15, -0.1) is 10.2 Å². The fourth-order valence-corrected chi connectivity index (χ4v) is 3.59. The molecule has 0 saturated carbocycles. The Hall–Kier alpha value is -3.34. The number of ketones is 1. The largest absolute Gasteiger partial charge is 0.480 e. The topological polar surface area (TPSA) is 127 Å². The lowest BCUT2D eigenvalue weighted by Crippen LogP contribution is -2.36. The number of halogens is 2. The van der Waals surface area contributed by atoms with Gasteiger partial charge in [-0.25, -0.2) is 4.39 Å². The van der Waals surface area contributed by atoms with Crippen LogP contribution in [-0.2, 0) is 11.3 Å². The van der Waals surface area contributed by atoms with Gasteiger partial charge in [0.1, 0.15) is 5.82 Å². The Balaban J connectivity index is 1.39. The Morgan fingerprint density at radius 2 is 2.03 bits per heavy atom. The van der Waals surface area contributed by atoms with Crippen LogP contribution in [0.2, 0.25) is 5.02 Å². The third kappa shape index (κ3) is 4.15. The first kappa shape index (κ1) is 20.0. The van der Waals surface area contributed by atoms with E-state index < -0.39 is 18.3 Å². The molecule has 0 spiro atoms. The number of benzene rings is 1. The van der Waals surface area contributed by atoms with Gasteiger partial charge >= 0.3 is 5.97 Å². The Morgan fingerprint density at radius 3 is 2.73 bits per heavy atom. The molecule has 1 saturated heterocycles. The Kier molecular flexibility index (Phi) is 5.44. The molecule has 2 aromatic heterocycles. The van der Waals surface area contributed by atoms with E-state index in [1.54, 1.807) is 6.07 Å². The summed E-state index contributed by atoms with van der Waals surface area (Å²) < 4.78 is 18.5. The lowest BCUT2D eigenvalue weighted by molar-refractivity contribution is -0.138. The molecule has 0 radical (unpaired) electrons. The monoisotopic (exact) mass is 434 g/mol. The third-order valence-corrected chi connectivity index (χ3v) is 5.15. The average molecular weight is 435 g/mol. The SMILES string of the molecule is O=C(O)Cn1nnc(-c2cc(N3CCC(C(=O)c4ccc(F)cc4Cl)CC3)no2)n1. The van der Waals surface area contributed by atoms with Crippen molar-refractivity contribution >= 4 is 29.2 Å². The van der Waals surface area contributed by atoms with E-state index in [-0.39, 0.29) is 28.3 Å². The van der Waals surface area contributed by atoms with Gasteiger partial charge in [0.2, 0.25) is 11.6 Å². The molecule has 1 N–H and O–H groups in total. The highest BCUT2D eigenvalue weighted by Gasteiger charge is 2.28. The van der Waals surface area contributed by atoms with Crippen LogP contribution < -0.4 is 4.90 Å². The first-order valence-corrected chi connectivity index (χ1v) is 9.49. The zero-order valence-corrected chi connectivity index (χ0v) is 16.3. The van der Waals surface area contributed by atoms with Crippen LogP contribution in [0.1, 0.15) is 23.2 Å². The van der Waals surface area contributed by atoms with E-state index >= 15 is 0 Å². The number of aliphatic carboxylic acids is 1. The first-order chi connectivity index (χ1) is 14.4. The molecule has 1 fully saturated rings. The number of carboxylic acid groups (broad SMARTS) is 1. The molecule has 0 unspecified atom stereocenters. The fraction of sp³-hybridized carbons (Fsp3) is 0.333. The van der Waals surface area contributed by atoms with Gasteiger partial charge in [-0.05, 0) is 36.3 Å². The molecule has 0 atom stereocenters. The number of carboxylic acids is 1. The number of rotatable bonds is 6. The molecular formula is C18H16ClFN6O4. The molecule has 156 valence electrons. The third-order valence-electron chi connectivity index (χ3n) is 4.83. The molecule has 4 rings (SSSR count). The summed E-state index contributed by atoms with van der Waals surface area (Å²) in [5.74, 6) is -0.926. The number of carbonyl (C=O) groups is 2. The molecule has 10 nitrogen and oxygen atoms in total. The van der Waals surface area contributed by atoms with Gasteiger partial charge in [0.25, 0.3) is 0 Å². The van der Waals surface area contributed by atoms with Gasteiger partial charge < -0.3 is 14.5 Å². The number of piperidine rings is 1. The second kappa shape index (κ2) is 8.19. The highest BCUT2D eigenvalue weighted by molar-refractivity contribution is 6.34. The summed E-state index contributed by atoms with van der Waals surface area (Å²) in [5, 5.41) is 24.2. The van der Waals surface area contributed by atoms with Crippen LogP contribution in [0.15, 0.2) is 28.8 Å². The van der Waals surface area contributed by atoms with Gasteiger partial charge in [-0.2, -0.15) is 4.80 Å². The summed E-state index contributed by atoms with van der Waals surface area (Å²) in [7, 11) is 0.